The highest BCUT2D eigenvalue weighted by atomic mass is 16.2. The Morgan fingerprint density at radius 2 is 1.66 bits per heavy atom. The fourth-order valence-electron chi connectivity index (χ4n) is 5.30. The molecule has 2 fully saturated rings. The largest absolute Gasteiger partial charge is 0.338 e. The third kappa shape index (κ3) is 3.99. The first-order valence-electron chi connectivity index (χ1n) is 11.9. The SMILES string of the molecule is Cc1cccc(-n2nc(C)c(C(=O)N3CCC(N4CCCCC4)CC3)c2-n2cccc2)c1. The Hall–Kier alpha value is -2.86. The van der Waals surface area contributed by atoms with Crippen LogP contribution in [0.1, 0.15) is 53.7 Å². The van der Waals surface area contributed by atoms with Crippen LogP contribution in [-0.4, -0.2) is 62.3 Å². The first kappa shape index (κ1) is 21.0. The Morgan fingerprint density at radius 3 is 2.34 bits per heavy atom. The van der Waals surface area contributed by atoms with Crippen LogP contribution in [0.2, 0.25) is 0 Å². The average molecular weight is 432 g/mol. The summed E-state index contributed by atoms with van der Waals surface area (Å²) in [5.41, 5.74) is 3.62. The molecule has 0 unspecified atom stereocenters. The number of aryl methyl sites for hydroxylation is 2. The predicted molar refractivity (Wildman–Crippen MR) is 127 cm³/mol. The minimum absolute atomic E-state index is 0.0993. The summed E-state index contributed by atoms with van der Waals surface area (Å²) in [4.78, 5) is 18.5. The van der Waals surface area contributed by atoms with Crippen molar-refractivity contribution in [2.45, 2.75) is 52.0 Å². The zero-order chi connectivity index (χ0) is 22.1. The monoisotopic (exact) mass is 431 g/mol. The highest BCUT2D eigenvalue weighted by Crippen LogP contribution is 2.27. The minimum Gasteiger partial charge on any atom is -0.338 e. The van der Waals surface area contributed by atoms with Gasteiger partial charge in [-0.05, 0) is 82.4 Å². The summed E-state index contributed by atoms with van der Waals surface area (Å²) in [6, 6.07) is 12.9. The van der Waals surface area contributed by atoms with Crippen LogP contribution in [0.15, 0.2) is 48.8 Å². The number of hydrogen-bond acceptors (Lipinski definition) is 3. The van der Waals surface area contributed by atoms with Crippen LogP contribution in [0.4, 0.5) is 0 Å². The van der Waals surface area contributed by atoms with E-state index in [4.69, 9.17) is 5.10 Å². The van der Waals surface area contributed by atoms with Crippen LogP contribution >= 0.6 is 0 Å². The molecule has 2 aliphatic rings. The van der Waals surface area contributed by atoms with E-state index < -0.39 is 0 Å². The van der Waals surface area contributed by atoms with Crippen molar-refractivity contribution in [3.05, 3.63) is 65.6 Å². The number of carbonyl (C=O) groups is 1. The lowest BCUT2D eigenvalue weighted by atomic mass is 9.99. The van der Waals surface area contributed by atoms with E-state index in [9.17, 15) is 4.79 Å². The van der Waals surface area contributed by atoms with Crippen molar-refractivity contribution in [2.24, 2.45) is 0 Å². The molecule has 32 heavy (non-hydrogen) atoms. The van der Waals surface area contributed by atoms with Crippen molar-refractivity contribution in [2.75, 3.05) is 26.2 Å². The topological polar surface area (TPSA) is 46.3 Å². The van der Waals surface area contributed by atoms with Gasteiger partial charge in [-0.2, -0.15) is 5.10 Å². The molecule has 3 aromatic rings. The van der Waals surface area contributed by atoms with Gasteiger partial charge in [-0.1, -0.05) is 18.6 Å². The fourth-order valence-corrected chi connectivity index (χ4v) is 5.30. The van der Waals surface area contributed by atoms with Crippen LogP contribution in [0.5, 0.6) is 0 Å². The molecule has 5 rings (SSSR count). The molecule has 1 amide bonds. The maximum atomic E-state index is 13.8. The van der Waals surface area contributed by atoms with E-state index >= 15 is 0 Å². The van der Waals surface area contributed by atoms with Crippen molar-refractivity contribution in [1.82, 2.24) is 24.1 Å². The third-order valence-electron chi connectivity index (χ3n) is 7.00. The summed E-state index contributed by atoms with van der Waals surface area (Å²) in [5, 5.41) is 4.82. The molecule has 4 heterocycles. The average Bonchev–Trinajstić information content (AvgIpc) is 3.47. The summed E-state index contributed by atoms with van der Waals surface area (Å²) in [5.74, 6) is 0.920. The van der Waals surface area contributed by atoms with Crippen LogP contribution in [0.25, 0.3) is 11.5 Å². The van der Waals surface area contributed by atoms with Crippen molar-refractivity contribution in [3.63, 3.8) is 0 Å². The van der Waals surface area contributed by atoms with E-state index in [1.807, 2.05) is 57.7 Å². The first-order chi connectivity index (χ1) is 15.6. The lowest BCUT2D eigenvalue weighted by molar-refractivity contribution is 0.0589. The summed E-state index contributed by atoms with van der Waals surface area (Å²) in [6.45, 7) is 8.11. The second kappa shape index (κ2) is 8.94. The van der Waals surface area contributed by atoms with Crippen molar-refractivity contribution in [1.29, 1.82) is 0 Å². The number of benzene rings is 1. The number of hydrogen-bond donors (Lipinski definition) is 0. The molecular weight excluding hydrogens is 398 g/mol. The summed E-state index contributed by atoms with van der Waals surface area (Å²) in [6.07, 6.45) is 10.1. The molecule has 2 aliphatic heterocycles. The van der Waals surface area contributed by atoms with Gasteiger partial charge < -0.3 is 14.4 Å². The Morgan fingerprint density at radius 1 is 0.938 bits per heavy atom. The highest BCUT2D eigenvalue weighted by molar-refractivity contribution is 5.98. The van der Waals surface area contributed by atoms with Gasteiger partial charge >= 0.3 is 0 Å². The number of likely N-dealkylation sites (tertiary alicyclic amines) is 2. The number of carbonyl (C=O) groups excluding carboxylic acids is 1. The molecule has 6 nitrogen and oxygen atoms in total. The second-order valence-electron chi connectivity index (χ2n) is 9.25. The molecule has 0 bridgehead atoms. The Kier molecular flexibility index (Phi) is 5.87. The maximum Gasteiger partial charge on any atom is 0.259 e. The van der Waals surface area contributed by atoms with E-state index in [1.54, 1.807) is 0 Å². The van der Waals surface area contributed by atoms with Crippen molar-refractivity contribution in [3.8, 4) is 11.5 Å². The summed E-state index contributed by atoms with van der Waals surface area (Å²) < 4.78 is 3.92. The second-order valence-corrected chi connectivity index (χ2v) is 9.25. The summed E-state index contributed by atoms with van der Waals surface area (Å²) in [7, 11) is 0. The van der Waals surface area contributed by atoms with Crippen molar-refractivity contribution >= 4 is 5.91 Å². The molecule has 0 atom stereocenters. The quantitative estimate of drug-likeness (QED) is 0.616. The lowest BCUT2D eigenvalue weighted by Crippen LogP contribution is -2.48. The maximum absolute atomic E-state index is 13.8. The van der Waals surface area contributed by atoms with Crippen LogP contribution in [0.3, 0.4) is 0 Å². The van der Waals surface area contributed by atoms with Gasteiger partial charge in [0.05, 0.1) is 11.4 Å². The number of piperidine rings is 2. The van der Waals surface area contributed by atoms with E-state index in [2.05, 4.69) is 24.0 Å². The highest BCUT2D eigenvalue weighted by Gasteiger charge is 2.32. The van der Waals surface area contributed by atoms with Gasteiger partial charge in [0.25, 0.3) is 5.91 Å². The number of amides is 1. The van der Waals surface area contributed by atoms with Gasteiger partial charge in [0.2, 0.25) is 0 Å². The van der Waals surface area contributed by atoms with E-state index in [0.717, 1.165) is 43.1 Å². The molecular formula is C26H33N5O. The molecule has 2 saturated heterocycles. The van der Waals surface area contributed by atoms with E-state index in [-0.39, 0.29) is 5.91 Å². The zero-order valence-corrected chi connectivity index (χ0v) is 19.2. The summed E-state index contributed by atoms with van der Waals surface area (Å²) >= 11 is 0. The molecule has 168 valence electrons. The molecule has 0 aliphatic carbocycles. The minimum atomic E-state index is 0.0993. The van der Waals surface area contributed by atoms with Crippen LogP contribution in [0, 0.1) is 13.8 Å². The standard InChI is InChI=1S/C26H33N5O/c1-20-9-8-10-23(19-20)31-25(29-15-6-7-16-29)24(21(2)27-31)26(32)30-17-11-22(12-18-30)28-13-4-3-5-14-28/h6-10,15-16,19,22H,3-5,11-14,17-18H2,1-2H3. The number of aromatic nitrogens is 3. The van der Waals surface area contributed by atoms with Gasteiger partial charge in [0.1, 0.15) is 5.56 Å². The van der Waals surface area contributed by atoms with Gasteiger partial charge in [0.15, 0.2) is 5.82 Å². The van der Waals surface area contributed by atoms with Crippen molar-refractivity contribution < 1.29 is 4.79 Å². The number of nitrogens with zero attached hydrogens (tertiary/aromatic N) is 5. The molecule has 0 radical (unpaired) electrons. The van der Waals surface area contributed by atoms with E-state index in [0.29, 0.717) is 11.6 Å². The molecule has 6 heteroatoms. The fraction of sp³-hybridized carbons (Fsp3) is 0.462. The Labute approximate surface area is 190 Å². The number of rotatable bonds is 4. The normalized spacial score (nSPS) is 18.2. The van der Waals surface area contributed by atoms with Gasteiger partial charge in [-0.3, -0.25) is 4.79 Å². The Balaban J connectivity index is 1.44. The van der Waals surface area contributed by atoms with E-state index in [1.165, 1.54) is 37.9 Å². The molecule has 2 aromatic heterocycles. The third-order valence-corrected chi connectivity index (χ3v) is 7.00. The smallest absolute Gasteiger partial charge is 0.259 e. The zero-order valence-electron chi connectivity index (χ0n) is 19.2. The van der Waals surface area contributed by atoms with Gasteiger partial charge in [0, 0.05) is 31.5 Å². The van der Waals surface area contributed by atoms with Gasteiger partial charge in [-0.25, -0.2) is 4.68 Å². The molecule has 0 saturated carbocycles. The molecule has 0 spiro atoms. The Bertz CT molecular complexity index is 1070. The molecule has 1 aromatic carbocycles. The predicted octanol–water partition coefficient (Wildman–Crippen LogP) is 4.37. The molecule has 0 N–H and O–H groups in total. The van der Waals surface area contributed by atoms with Gasteiger partial charge in [-0.15, -0.1) is 0 Å². The lowest BCUT2D eigenvalue weighted by Gasteiger charge is -2.40. The van der Waals surface area contributed by atoms with Crippen LogP contribution < -0.4 is 0 Å². The first-order valence-corrected chi connectivity index (χ1v) is 11.9. The van der Waals surface area contributed by atoms with Crippen LogP contribution in [-0.2, 0) is 0 Å².